The van der Waals surface area contributed by atoms with E-state index in [9.17, 15) is 4.79 Å². The maximum absolute atomic E-state index is 10.7. The van der Waals surface area contributed by atoms with Crippen LogP contribution in [0.3, 0.4) is 0 Å². The summed E-state index contributed by atoms with van der Waals surface area (Å²) >= 11 is 4.97. The maximum atomic E-state index is 10.7. The number of methoxy groups -OCH3 is 1. The Bertz CT molecular complexity index is 335. The minimum atomic E-state index is -0.926. The second-order valence-electron chi connectivity index (χ2n) is 2.89. The van der Waals surface area contributed by atoms with Crippen molar-refractivity contribution in [2.75, 3.05) is 7.11 Å². The predicted molar refractivity (Wildman–Crippen MR) is 58.9 cm³/mol. The Hall–Kier alpha value is -0.390. The van der Waals surface area contributed by atoms with Crippen molar-refractivity contribution in [2.24, 2.45) is 0 Å². The van der Waals surface area contributed by atoms with E-state index < -0.39 is 12.1 Å². The zero-order valence-corrected chi connectivity index (χ0v) is 10.3. The van der Waals surface area contributed by atoms with Crippen molar-refractivity contribution in [3.05, 3.63) is 20.3 Å². The first kappa shape index (κ1) is 11.7. The number of hydrogen-bond acceptors (Lipinski definition) is 3. The molecule has 78 valence electrons. The summed E-state index contributed by atoms with van der Waals surface area (Å²) in [6.45, 7) is 1.99. The van der Waals surface area contributed by atoms with E-state index in [1.807, 2.05) is 13.0 Å². The van der Waals surface area contributed by atoms with Gasteiger partial charge in [0.1, 0.15) is 0 Å². The average molecular weight is 279 g/mol. The summed E-state index contributed by atoms with van der Waals surface area (Å²) in [5.74, 6) is -0.926. The van der Waals surface area contributed by atoms with E-state index in [2.05, 4.69) is 15.9 Å². The van der Waals surface area contributed by atoms with Crippen LogP contribution in [0.5, 0.6) is 0 Å². The fourth-order valence-electron chi connectivity index (χ4n) is 1.11. The fourth-order valence-corrected chi connectivity index (χ4v) is 2.97. The van der Waals surface area contributed by atoms with Gasteiger partial charge in [0, 0.05) is 27.8 Å². The average Bonchev–Trinajstić information content (AvgIpc) is 2.40. The van der Waals surface area contributed by atoms with Crippen LogP contribution in [-0.2, 0) is 16.0 Å². The molecule has 0 fully saturated rings. The normalized spacial score (nSPS) is 12.8. The van der Waals surface area contributed by atoms with Crippen LogP contribution in [0.2, 0.25) is 0 Å². The van der Waals surface area contributed by atoms with Crippen molar-refractivity contribution in [2.45, 2.75) is 19.4 Å². The highest BCUT2D eigenvalue weighted by Gasteiger charge is 2.19. The molecule has 1 heterocycles. The summed E-state index contributed by atoms with van der Waals surface area (Å²) in [7, 11) is 1.41. The second-order valence-corrected chi connectivity index (χ2v) is 5.09. The highest BCUT2D eigenvalue weighted by molar-refractivity contribution is 9.10. The summed E-state index contributed by atoms with van der Waals surface area (Å²) in [6.07, 6.45) is -0.352. The summed E-state index contributed by atoms with van der Waals surface area (Å²) in [5, 5.41) is 8.80. The number of halogens is 1. The van der Waals surface area contributed by atoms with E-state index >= 15 is 0 Å². The molecule has 0 saturated heterocycles. The van der Waals surface area contributed by atoms with Crippen LogP contribution >= 0.6 is 27.3 Å². The van der Waals surface area contributed by atoms with Crippen molar-refractivity contribution in [3.8, 4) is 0 Å². The van der Waals surface area contributed by atoms with Crippen LogP contribution in [0.4, 0.5) is 0 Å². The molecule has 1 rings (SSSR count). The zero-order chi connectivity index (χ0) is 10.7. The van der Waals surface area contributed by atoms with Gasteiger partial charge in [-0.25, -0.2) is 4.79 Å². The Balaban J connectivity index is 2.76. The number of aryl methyl sites for hydroxylation is 1. The van der Waals surface area contributed by atoms with Gasteiger partial charge in [-0.15, -0.1) is 11.3 Å². The minimum Gasteiger partial charge on any atom is -0.479 e. The van der Waals surface area contributed by atoms with E-state index in [4.69, 9.17) is 9.84 Å². The van der Waals surface area contributed by atoms with Crippen LogP contribution in [0, 0.1) is 6.92 Å². The largest absolute Gasteiger partial charge is 0.479 e. The van der Waals surface area contributed by atoms with Gasteiger partial charge in [0.15, 0.2) is 6.10 Å². The van der Waals surface area contributed by atoms with E-state index in [1.54, 1.807) is 11.3 Å². The fraction of sp³-hybridized carbons (Fsp3) is 0.444. The first-order valence-electron chi connectivity index (χ1n) is 4.05. The van der Waals surface area contributed by atoms with Crippen LogP contribution in [0.25, 0.3) is 0 Å². The van der Waals surface area contributed by atoms with Crippen LogP contribution < -0.4 is 0 Å². The van der Waals surface area contributed by atoms with Crippen molar-refractivity contribution >= 4 is 33.2 Å². The van der Waals surface area contributed by atoms with Gasteiger partial charge in [-0.2, -0.15) is 0 Å². The smallest absolute Gasteiger partial charge is 0.333 e. The SMILES string of the molecule is COC(Cc1sc(C)cc1Br)C(=O)O. The highest BCUT2D eigenvalue weighted by atomic mass is 79.9. The lowest BCUT2D eigenvalue weighted by molar-refractivity contribution is -0.148. The molecule has 14 heavy (non-hydrogen) atoms. The zero-order valence-electron chi connectivity index (χ0n) is 7.91. The minimum absolute atomic E-state index is 0.408. The van der Waals surface area contributed by atoms with Gasteiger partial charge in [-0.1, -0.05) is 0 Å². The van der Waals surface area contributed by atoms with E-state index in [0.29, 0.717) is 6.42 Å². The van der Waals surface area contributed by atoms with Crippen LogP contribution in [0.1, 0.15) is 9.75 Å². The molecule has 1 N–H and O–H groups in total. The number of aliphatic carboxylic acids is 1. The first-order chi connectivity index (χ1) is 6.54. The van der Waals surface area contributed by atoms with Crippen molar-refractivity contribution in [1.82, 2.24) is 0 Å². The Morgan fingerprint density at radius 3 is 2.79 bits per heavy atom. The number of carbonyl (C=O) groups is 1. The van der Waals surface area contributed by atoms with E-state index in [1.165, 1.54) is 7.11 Å². The molecular formula is C9H11BrO3S. The highest BCUT2D eigenvalue weighted by Crippen LogP contribution is 2.28. The number of hydrogen-bond donors (Lipinski definition) is 1. The molecule has 1 aromatic rings. The van der Waals surface area contributed by atoms with Gasteiger partial charge in [0.2, 0.25) is 0 Å². The number of thiophene rings is 1. The third kappa shape index (κ3) is 2.80. The summed E-state index contributed by atoms with van der Waals surface area (Å²) < 4.78 is 5.83. The number of ether oxygens (including phenoxy) is 1. The molecule has 0 aliphatic heterocycles. The lowest BCUT2D eigenvalue weighted by Crippen LogP contribution is -2.24. The van der Waals surface area contributed by atoms with Crippen molar-refractivity contribution < 1.29 is 14.6 Å². The first-order valence-corrected chi connectivity index (χ1v) is 5.66. The van der Waals surface area contributed by atoms with Gasteiger partial charge in [0.05, 0.1) is 0 Å². The van der Waals surface area contributed by atoms with E-state index in [0.717, 1.165) is 14.2 Å². The molecule has 0 saturated carbocycles. The lowest BCUT2D eigenvalue weighted by Gasteiger charge is -2.08. The third-order valence-electron chi connectivity index (χ3n) is 1.81. The van der Waals surface area contributed by atoms with Crippen LogP contribution in [-0.4, -0.2) is 24.3 Å². The van der Waals surface area contributed by atoms with E-state index in [-0.39, 0.29) is 0 Å². The molecule has 0 aliphatic carbocycles. The van der Waals surface area contributed by atoms with Crippen molar-refractivity contribution in [1.29, 1.82) is 0 Å². The maximum Gasteiger partial charge on any atom is 0.333 e. The quantitative estimate of drug-likeness (QED) is 0.921. The number of carboxylic acids is 1. The second kappa shape index (κ2) is 4.91. The van der Waals surface area contributed by atoms with Crippen molar-refractivity contribution in [3.63, 3.8) is 0 Å². The predicted octanol–water partition coefficient (Wildman–Crippen LogP) is 2.46. The van der Waals surface area contributed by atoms with Gasteiger partial charge < -0.3 is 9.84 Å². The number of rotatable bonds is 4. The topological polar surface area (TPSA) is 46.5 Å². The molecule has 5 heteroatoms. The molecular weight excluding hydrogens is 268 g/mol. The Morgan fingerprint density at radius 1 is 1.79 bits per heavy atom. The molecule has 0 bridgehead atoms. The summed E-state index contributed by atoms with van der Waals surface area (Å²) in [6, 6.07) is 1.98. The molecule has 0 radical (unpaired) electrons. The number of carboxylic acid groups (broad SMARTS) is 1. The Labute approximate surface area is 94.8 Å². The molecule has 0 aromatic carbocycles. The molecule has 1 atom stereocenters. The Kier molecular flexibility index (Phi) is 4.10. The van der Waals surface area contributed by atoms with Gasteiger partial charge >= 0.3 is 5.97 Å². The molecule has 0 aliphatic rings. The molecule has 0 spiro atoms. The standard InChI is InChI=1S/C9H11BrO3S/c1-5-3-6(10)8(14-5)4-7(13-2)9(11)12/h3,7H,4H2,1-2H3,(H,11,12). The monoisotopic (exact) mass is 278 g/mol. The van der Waals surface area contributed by atoms with Crippen LogP contribution in [0.15, 0.2) is 10.5 Å². The van der Waals surface area contributed by atoms with Gasteiger partial charge in [-0.05, 0) is 28.9 Å². The van der Waals surface area contributed by atoms with Gasteiger partial charge in [0.25, 0.3) is 0 Å². The Morgan fingerprint density at radius 2 is 2.43 bits per heavy atom. The third-order valence-corrected chi connectivity index (χ3v) is 3.85. The lowest BCUT2D eigenvalue weighted by atomic mass is 10.2. The molecule has 1 aromatic heterocycles. The summed E-state index contributed by atoms with van der Waals surface area (Å²) in [4.78, 5) is 12.9. The molecule has 0 amide bonds. The summed E-state index contributed by atoms with van der Waals surface area (Å²) in [5.41, 5.74) is 0. The molecule has 1 unspecified atom stereocenters. The van der Waals surface area contributed by atoms with Gasteiger partial charge in [-0.3, -0.25) is 0 Å². The molecule has 3 nitrogen and oxygen atoms in total.